The smallest absolute Gasteiger partial charge is 0.377 e. The second kappa shape index (κ2) is 20.8. The third kappa shape index (κ3) is 13.2. The van der Waals surface area contributed by atoms with E-state index >= 15 is 0 Å². The lowest BCUT2D eigenvalue weighted by atomic mass is 10.3. The predicted octanol–water partition coefficient (Wildman–Crippen LogP) is 4.16. The number of nitrogens with one attached hydrogen (secondary N) is 1. The van der Waals surface area contributed by atoms with Crippen molar-refractivity contribution in [3.63, 3.8) is 0 Å². The highest BCUT2D eigenvalue weighted by Gasteiger charge is 2.43. The first kappa shape index (κ1) is 39.0. The fourth-order valence-corrected chi connectivity index (χ4v) is 16.8. The van der Waals surface area contributed by atoms with Gasteiger partial charge in [-0.15, -0.1) is 0 Å². The summed E-state index contributed by atoms with van der Waals surface area (Å²) in [4.78, 5) is 12.3. The van der Waals surface area contributed by atoms with Crippen LogP contribution in [-0.4, -0.2) is 111 Å². The first-order chi connectivity index (χ1) is 18.6. The van der Waals surface area contributed by atoms with Crippen molar-refractivity contribution in [2.45, 2.75) is 81.3 Å². The zero-order valence-electron chi connectivity index (χ0n) is 26.3. The third-order valence-electron chi connectivity index (χ3n) is 7.85. The maximum absolute atomic E-state index is 12.3. The van der Waals surface area contributed by atoms with Crippen molar-refractivity contribution in [1.82, 2.24) is 5.32 Å². The molecule has 0 aliphatic carbocycles. The number of hydrogen-bond donors (Lipinski definition) is 1. The zero-order chi connectivity index (χ0) is 29.8. The van der Waals surface area contributed by atoms with Gasteiger partial charge in [-0.1, -0.05) is 43.4 Å². The fraction of sp³-hybridized carbons (Fsp3) is 0.958. The Labute approximate surface area is 242 Å². The van der Waals surface area contributed by atoms with Gasteiger partial charge in [-0.2, -0.15) is 0 Å². The van der Waals surface area contributed by atoms with E-state index in [1.807, 2.05) is 6.92 Å². The molecule has 0 fully saturated rings. The van der Waals surface area contributed by atoms with Crippen LogP contribution in [0.3, 0.4) is 0 Å². The molecule has 39 heavy (non-hydrogen) atoms. The number of rotatable bonds is 26. The standard InChI is InChI=1S/C24H57NO10Si4/c1-11-25-24(26)16-12-17-36(18-13-21-37(27-2,28-3)29-4,19-14-22-38(30-5,31-6)32-7)20-15-23-39(33-8,34-9)35-10/h11-23H2,1-10H3,(H,25,26). The highest BCUT2D eigenvalue weighted by atomic mass is 28.4. The van der Waals surface area contributed by atoms with Crippen molar-refractivity contribution in [3.05, 3.63) is 0 Å². The van der Waals surface area contributed by atoms with Crippen LogP contribution in [0.15, 0.2) is 0 Å². The van der Waals surface area contributed by atoms with E-state index in [0.29, 0.717) is 13.0 Å². The van der Waals surface area contributed by atoms with Crippen LogP contribution in [0.1, 0.15) is 39.0 Å². The largest absolute Gasteiger partial charge is 0.500 e. The molecule has 0 atom stereocenters. The molecule has 0 spiro atoms. The monoisotopic (exact) mass is 631 g/mol. The molecule has 0 aromatic heterocycles. The molecular weight excluding hydrogens is 575 g/mol. The van der Waals surface area contributed by atoms with Gasteiger partial charge in [-0.3, -0.25) is 4.79 Å². The summed E-state index contributed by atoms with van der Waals surface area (Å²) in [5.74, 6) is 0.110. The lowest BCUT2D eigenvalue weighted by Gasteiger charge is -2.35. The minimum Gasteiger partial charge on any atom is -0.377 e. The molecule has 0 aliphatic heterocycles. The molecule has 0 saturated carbocycles. The number of hydrogen-bond acceptors (Lipinski definition) is 10. The predicted molar refractivity (Wildman–Crippen MR) is 162 cm³/mol. The first-order valence-electron chi connectivity index (χ1n) is 13.9. The van der Waals surface area contributed by atoms with Crippen LogP contribution in [-0.2, 0) is 44.6 Å². The Balaban J connectivity index is 5.94. The highest BCUT2D eigenvalue weighted by Crippen LogP contribution is 2.37. The summed E-state index contributed by atoms with van der Waals surface area (Å²) in [6.07, 6.45) is 4.23. The summed E-state index contributed by atoms with van der Waals surface area (Å²) in [5.41, 5.74) is 0. The molecule has 15 heteroatoms. The molecule has 0 heterocycles. The van der Waals surface area contributed by atoms with Gasteiger partial charge >= 0.3 is 26.4 Å². The van der Waals surface area contributed by atoms with Crippen molar-refractivity contribution in [2.24, 2.45) is 0 Å². The van der Waals surface area contributed by atoms with E-state index in [1.54, 1.807) is 64.0 Å². The van der Waals surface area contributed by atoms with Gasteiger partial charge in [0.2, 0.25) is 5.91 Å². The molecule has 0 saturated heterocycles. The fourth-order valence-electron chi connectivity index (χ4n) is 5.37. The van der Waals surface area contributed by atoms with E-state index in [-0.39, 0.29) is 5.91 Å². The molecule has 0 aliphatic rings. The van der Waals surface area contributed by atoms with Gasteiger partial charge in [0.15, 0.2) is 0 Å². The summed E-state index contributed by atoms with van der Waals surface area (Å²) in [7, 11) is 4.96. The number of carbonyl (C=O) groups is 1. The van der Waals surface area contributed by atoms with E-state index < -0.39 is 34.5 Å². The molecule has 0 unspecified atom stereocenters. The highest BCUT2D eigenvalue weighted by molar-refractivity contribution is 6.80. The second-order valence-electron chi connectivity index (χ2n) is 9.75. The summed E-state index contributed by atoms with van der Waals surface area (Å²) >= 11 is 0. The van der Waals surface area contributed by atoms with Crippen molar-refractivity contribution in [2.75, 3.05) is 70.5 Å². The van der Waals surface area contributed by atoms with E-state index in [4.69, 9.17) is 39.8 Å². The first-order valence-corrected chi connectivity index (χ1v) is 22.5. The Bertz CT molecular complexity index is 549. The van der Waals surface area contributed by atoms with Crippen molar-refractivity contribution < 1.29 is 44.6 Å². The normalized spacial score (nSPS) is 13.2. The van der Waals surface area contributed by atoms with E-state index in [9.17, 15) is 4.79 Å². The lowest BCUT2D eigenvalue weighted by Crippen LogP contribution is -2.45. The van der Waals surface area contributed by atoms with Crippen molar-refractivity contribution >= 4 is 40.4 Å². The van der Waals surface area contributed by atoms with Gasteiger partial charge in [0.1, 0.15) is 0 Å². The Morgan fingerprint density at radius 2 is 0.769 bits per heavy atom. The molecular formula is C24H57NO10Si4. The summed E-state index contributed by atoms with van der Waals surface area (Å²) in [6, 6.07) is 6.54. The van der Waals surface area contributed by atoms with Crippen molar-refractivity contribution in [1.29, 1.82) is 0 Å². The van der Waals surface area contributed by atoms with E-state index in [2.05, 4.69) is 5.32 Å². The molecule has 0 rings (SSSR count). The van der Waals surface area contributed by atoms with Gasteiger partial charge < -0.3 is 45.2 Å². The summed E-state index contributed by atoms with van der Waals surface area (Å²) < 4.78 is 51.3. The van der Waals surface area contributed by atoms with Crippen LogP contribution in [0.2, 0.25) is 42.3 Å². The molecule has 234 valence electrons. The van der Waals surface area contributed by atoms with Gasteiger partial charge in [-0.25, -0.2) is 0 Å². The van der Waals surface area contributed by atoms with Gasteiger partial charge in [-0.05, 0) is 13.3 Å². The minimum absolute atomic E-state index is 0.110. The average Bonchev–Trinajstić information content (AvgIpc) is 2.96. The van der Waals surface area contributed by atoms with Crippen LogP contribution in [0.5, 0.6) is 0 Å². The molecule has 0 bridgehead atoms. The summed E-state index contributed by atoms with van der Waals surface area (Å²) in [6.45, 7) is 2.60. The lowest BCUT2D eigenvalue weighted by molar-refractivity contribution is -0.121. The third-order valence-corrected chi connectivity index (χ3v) is 22.0. The van der Waals surface area contributed by atoms with Crippen molar-refractivity contribution in [3.8, 4) is 0 Å². The Morgan fingerprint density at radius 3 is 1.03 bits per heavy atom. The van der Waals surface area contributed by atoms with Crippen LogP contribution in [0.4, 0.5) is 0 Å². The van der Waals surface area contributed by atoms with Crippen LogP contribution in [0.25, 0.3) is 0 Å². The quantitative estimate of drug-likeness (QED) is 0.140. The maximum Gasteiger partial charge on any atom is 0.500 e. The minimum atomic E-state index is -2.68. The molecule has 11 nitrogen and oxygen atoms in total. The molecule has 0 aromatic carbocycles. The van der Waals surface area contributed by atoms with Gasteiger partial charge in [0.05, 0.1) is 8.07 Å². The Kier molecular flexibility index (Phi) is 20.8. The zero-order valence-corrected chi connectivity index (χ0v) is 30.3. The second-order valence-corrected chi connectivity index (χ2v) is 24.0. The topological polar surface area (TPSA) is 112 Å². The SMILES string of the molecule is CCNC(=O)CCC[Si](CCC[Si](OC)(OC)OC)(CCC[Si](OC)(OC)OC)CCC[Si](OC)(OC)OC. The van der Waals surface area contributed by atoms with Gasteiger partial charge in [0.25, 0.3) is 0 Å². The molecule has 0 aromatic rings. The van der Waals surface area contributed by atoms with Crippen LogP contribution >= 0.6 is 0 Å². The summed E-state index contributed by atoms with van der Waals surface area (Å²) in [5, 5.41) is 2.93. The Morgan fingerprint density at radius 1 is 0.487 bits per heavy atom. The van der Waals surface area contributed by atoms with E-state index in [0.717, 1.165) is 68.0 Å². The van der Waals surface area contributed by atoms with Crippen LogP contribution < -0.4 is 5.32 Å². The molecule has 1 N–H and O–H groups in total. The van der Waals surface area contributed by atoms with Gasteiger partial charge in [0, 0.05) is 95.1 Å². The number of carbonyl (C=O) groups excluding carboxylic acids is 1. The molecule has 0 radical (unpaired) electrons. The van der Waals surface area contributed by atoms with E-state index in [1.165, 1.54) is 0 Å². The number of amides is 1. The maximum atomic E-state index is 12.3. The molecule has 1 amide bonds. The average molecular weight is 632 g/mol. The van der Waals surface area contributed by atoms with Crippen LogP contribution in [0, 0.1) is 0 Å². The Hall–Kier alpha value is -0.0225.